The molecule has 0 spiro atoms. The fourth-order valence-corrected chi connectivity index (χ4v) is 1.73. The molecule has 1 unspecified atom stereocenters. The summed E-state index contributed by atoms with van der Waals surface area (Å²) in [6.07, 6.45) is 2.00. The van der Waals surface area contributed by atoms with Crippen molar-refractivity contribution in [3.05, 3.63) is 59.9 Å². The Bertz CT molecular complexity index is 494. The lowest BCUT2D eigenvalue weighted by atomic mass is 10.1. The van der Waals surface area contributed by atoms with Gasteiger partial charge in [-0.05, 0) is 42.8 Å². The fourth-order valence-electron chi connectivity index (χ4n) is 1.73. The number of hydrogen-bond donors (Lipinski definition) is 1. The van der Waals surface area contributed by atoms with Gasteiger partial charge in [-0.1, -0.05) is 6.92 Å². The Hall–Kier alpha value is -1.97. The maximum atomic E-state index is 12.8. The van der Waals surface area contributed by atoms with E-state index >= 15 is 0 Å². The predicted octanol–water partition coefficient (Wildman–Crippen LogP) is 3.92. The van der Waals surface area contributed by atoms with E-state index in [0.29, 0.717) is 0 Å². The first-order valence-corrected chi connectivity index (χ1v) is 5.82. The second kappa shape index (κ2) is 5.58. The standard InChI is InChI=1S/C14H14F2N2/c1-2-13(14-8-5-11(16)9-17-14)18-12-6-3-10(15)4-7-12/h3-9,13,18H,2H2,1H3. The van der Waals surface area contributed by atoms with Crippen LogP contribution in [0.2, 0.25) is 0 Å². The van der Waals surface area contributed by atoms with E-state index in [1.165, 1.54) is 24.4 Å². The smallest absolute Gasteiger partial charge is 0.141 e. The largest absolute Gasteiger partial charge is 0.377 e. The highest BCUT2D eigenvalue weighted by Gasteiger charge is 2.10. The van der Waals surface area contributed by atoms with Gasteiger partial charge in [-0.25, -0.2) is 8.78 Å². The number of aromatic nitrogens is 1. The number of benzene rings is 1. The molecule has 4 heteroatoms. The van der Waals surface area contributed by atoms with Crippen LogP contribution in [-0.2, 0) is 0 Å². The zero-order valence-corrected chi connectivity index (χ0v) is 10.0. The monoisotopic (exact) mass is 248 g/mol. The SMILES string of the molecule is CCC(Nc1ccc(F)cc1)c1ccc(F)cn1. The molecule has 2 nitrogen and oxygen atoms in total. The molecule has 18 heavy (non-hydrogen) atoms. The predicted molar refractivity (Wildman–Crippen MR) is 67.2 cm³/mol. The Balaban J connectivity index is 2.14. The molecule has 1 aromatic heterocycles. The molecule has 1 atom stereocenters. The number of pyridine rings is 1. The van der Waals surface area contributed by atoms with Gasteiger partial charge < -0.3 is 5.32 Å². The molecule has 0 aliphatic rings. The van der Waals surface area contributed by atoms with Gasteiger partial charge in [0.15, 0.2) is 0 Å². The highest BCUT2D eigenvalue weighted by molar-refractivity contribution is 5.44. The lowest BCUT2D eigenvalue weighted by Gasteiger charge is -2.17. The van der Waals surface area contributed by atoms with Gasteiger partial charge in [0.2, 0.25) is 0 Å². The summed E-state index contributed by atoms with van der Waals surface area (Å²) in [5, 5.41) is 3.24. The third-order valence-electron chi connectivity index (χ3n) is 2.70. The summed E-state index contributed by atoms with van der Waals surface area (Å²) in [7, 11) is 0. The first-order valence-electron chi connectivity index (χ1n) is 5.82. The van der Waals surface area contributed by atoms with E-state index in [2.05, 4.69) is 10.3 Å². The van der Waals surface area contributed by atoms with Crippen molar-refractivity contribution in [1.82, 2.24) is 4.98 Å². The molecule has 0 saturated carbocycles. The van der Waals surface area contributed by atoms with E-state index in [-0.39, 0.29) is 17.7 Å². The molecule has 0 bridgehead atoms. The van der Waals surface area contributed by atoms with E-state index in [9.17, 15) is 8.78 Å². The third-order valence-corrected chi connectivity index (χ3v) is 2.70. The van der Waals surface area contributed by atoms with Gasteiger partial charge in [0.05, 0.1) is 17.9 Å². The summed E-state index contributed by atoms with van der Waals surface area (Å²) < 4.78 is 25.6. The Morgan fingerprint density at radius 3 is 2.28 bits per heavy atom. The summed E-state index contributed by atoms with van der Waals surface area (Å²) in [6.45, 7) is 2.01. The normalized spacial score (nSPS) is 12.2. The Labute approximate surface area is 105 Å². The first kappa shape index (κ1) is 12.5. The van der Waals surface area contributed by atoms with E-state index in [1.807, 2.05) is 6.92 Å². The van der Waals surface area contributed by atoms with Gasteiger partial charge >= 0.3 is 0 Å². The van der Waals surface area contributed by atoms with Crippen LogP contribution in [0.25, 0.3) is 0 Å². The van der Waals surface area contributed by atoms with Crippen LogP contribution in [-0.4, -0.2) is 4.98 Å². The van der Waals surface area contributed by atoms with Crippen molar-refractivity contribution in [2.45, 2.75) is 19.4 Å². The number of nitrogens with zero attached hydrogens (tertiary/aromatic N) is 1. The number of nitrogens with one attached hydrogen (secondary N) is 1. The van der Waals surface area contributed by atoms with Gasteiger partial charge in [0, 0.05) is 5.69 Å². The van der Waals surface area contributed by atoms with Gasteiger partial charge in [-0.2, -0.15) is 0 Å². The molecule has 0 radical (unpaired) electrons. The van der Waals surface area contributed by atoms with Crippen molar-refractivity contribution in [3.8, 4) is 0 Å². The zero-order chi connectivity index (χ0) is 13.0. The Morgan fingerprint density at radius 1 is 1.06 bits per heavy atom. The second-order valence-electron chi connectivity index (χ2n) is 4.01. The van der Waals surface area contributed by atoms with Crippen molar-refractivity contribution in [3.63, 3.8) is 0 Å². The summed E-state index contributed by atoms with van der Waals surface area (Å²) in [6, 6.07) is 9.15. The molecule has 2 rings (SSSR count). The molecule has 1 heterocycles. The fraction of sp³-hybridized carbons (Fsp3) is 0.214. The van der Waals surface area contributed by atoms with Crippen LogP contribution in [0.1, 0.15) is 25.1 Å². The number of rotatable bonds is 4. The molecule has 0 aliphatic heterocycles. The minimum Gasteiger partial charge on any atom is -0.377 e. The molecule has 2 aromatic rings. The second-order valence-corrected chi connectivity index (χ2v) is 4.01. The van der Waals surface area contributed by atoms with Crippen LogP contribution in [0, 0.1) is 11.6 Å². The van der Waals surface area contributed by atoms with Crippen molar-refractivity contribution >= 4 is 5.69 Å². The minimum atomic E-state index is -0.351. The van der Waals surface area contributed by atoms with Gasteiger partial charge in [-0.3, -0.25) is 4.98 Å². The van der Waals surface area contributed by atoms with E-state index in [0.717, 1.165) is 17.8 Å². The Kier molecular flexibility index (Phi) is 3.87. The minimum absolute atomic E-state index is 0.0175. The number of hydrogen-bond acceptors (Lipinski definition) is 2. The average molecular weight is 248 g/mol. The molecule has 1 N–H and O–H groups in total. The van der Waals surface area contributed by atoms with Gasteiger partial charge in [-0.15, -0.1) is 0 Å². The summed E-state index contributed by atoms with van der Waals surface area (Å²) in [5.41, 5.74) is 1.58. The van der Waals surface area contributed by atoms with E-state index < -0.39 is 0 Å². The Morgan fingerprint density at radius 2 is 1.72 bits per heavy atom. The van der Waals surface area contributed by atoms with Gasteiger partial charge in [0.25, 0.3) is 0 Å². The van der Waals surface area contributed by atoms with Crippen LogP contribution in [0.5, 0.6) is 0 Å². The zero-order valence-electron chi connectivity index (χ0n) is 10.0. The highest BCUT2D eigenvalue weighted by Crippen LogP contribution is 2.21. The molecule has 0 fully saturated rings. The van der Waals surface area contributed by atoms with Gasteiger partial charge in [0.1, 0.15) is 11.6 Å². The number of anilines is 1. The lowest BCUT2D eigenvalue weighted by molar-refractivity contribution is 0.614. The summed E-state index contributed by atoms with van der Waals surface area (Å²) in [5.74, 6) is -0.621. The topological polar surface area (TPSA) is 24.9 Å². The molecule has 0 aliphatic carbocycles. The van der Waals surface area contributed by atoms with Crippen LogP contribution in [0.15, 0.2) is 42.6 Å². The van der Waals surface area contributed by atoms with Crippen molar-refractivity contribution in [1.29, 1.82) is 0 Å². The van der Waals surface area contributed by atoms with E-state index in [4.69, 9.17) is 0 Å². The molecule has 94 valence electrons. The number of halogens is 2. The van der Waals surface area contributed by atoms with Crippen LogP contribution in [0.3, 0.4) is 0 Å². The molecule has 0 amide bonds. The first-order chi connectivity index (χ1) is 8.69. The molecule has 0 saturated heterocycles. The molecular formula is C14H14F2N2. The quantitative estimate of drug-likeness (QED) is 0.887. The van der Waals surface area contributed by atoms with Crippen LogP contribution < -0.4 is 5.32 Å². The highest BCUT2D eigenvalue weighted by atomic mass is 19.1. The molecule has 1 aromatic carbocycles. The molecular weight excluding hydrogens is 234 g/mol. The summed E-state index contributed by atoms with van der Waals surface area (Å²) in [4.78, 5) is 4.05. The van der Waals surface area contributed by atoms with Crippen molar-refractivity contribution in [2.75, 3.05) is 5.32 Å². The van der Waals surface area contributed by atoms with Crippen LogP contribution in [0.4, 0.5) is 14.5 Å². The lowest BCUT2D eigenvalue weighted by Crippen LogP contribution is -2.11. The van der Waals surface area contributed by atoms with Crippen LogP contribution >= 0.6 is 0 Å². The maximum absolute atomic E-state index is 12.8. The maximum Gasteiger partial charge on any atom is 0.141 e. The summed E-state index contributed by atoms with van der Waals surface area (Å²) >= 11 is 0. The average Bonchev–Trinajstić information content (AvgIpc) is 2.39. The van der Waals surface area contributed by atoms with Crippen molar-refractivity contribution in [2.24, 2.45) is 0 Å². The third kappa shape index (κ3) is 3.03. The van der Waals surface area contributed by atoms with E-state index in [1.54, 1.807) is 18.2 Å². The van der Waals surface area contributed by atoms with Crippen molar-refractivity contribution < 1.29 is 8.78 Å².